The van der Waals surface area contributed by atoms with E-state index in [0.29, 0.717) is 0 Å². The van der Waals surface area contributed by atoms with E-state index < -0.39 is 0 Å². The van der Waals surface area contributed by atoms with E-state index in [-0.39, 0.29) is 5.41 Å². The van der Waals surface area contributed by atoms with Gasteiger partial charge in [0.25, 0.3) is 0 Å². The lowest BCUT2D eigenvalue weighted by molar-refractivity contribution is 0.661. The highest BCUT2D eigenvalue weighted by molar-refractivity contribution is 6.24. The summed E-state index contributed by atoms with van der Waals surface area (Å²) in [6, 6.07) is 61.1. The average molecular weight is 681 g/mol. The summed E-state index contributed by atoms with van der Waals surface area (Å²) in [5.41, 5.74) is 13.4. The predicted molar refractivity (Wildman–Crippen MR) is 221 cm³/mol. The SMILES string of the molecule is CC1(C)c2ccc(N(c3ccccc3)c3cccc(N(c4ccccc4)c4ccccc4)c3)cc2-c2cc3c(cc21)c1ccccc1c1nccnc31. The molecule has 0 saturated heterocycles. The third-order valence-corrected chi connectivity index (χ3v) is 10.9. The number of aromatic nitrogens is 2. The van der Waals surface area contributed by atoms with E-state index in [1.165, 1.54) is 33.0 Å². The van der Waals surface area contributed by atoms with Crippen LogP contribution in [0.3, 0.4) is 0 Å². The fourth-order valence-corrected chi connectivity index (χ4v) is 8.40. The average Bonchev–Trinajstić information content (AvgIpc) is 3.43. The van der Waals surface area contributed by atoms with Crippen LogP contribution in [-0.2, 0) is 5.41 Å². The Kier molecular flexibility index (Phi) is 7.12. The van der Waals surface area contributed by atoms with Crippen molar-refractivity contribution < 1.29 is 0 Å². The van der Waals surface area contributed by atoms with Crippen molar-refractivity contribution in [3.8, 4) is 11.1 Å². The number of para-hydroxylation sites is 3. The predicted octanol–water partition coefficient (Wildman–Crippen LogP) is 13.2. The lowest BCUT2D eigenvalue weighted by Crippen LogP contribution is -2.16. The number of anilines is 6. The number of rotatable bonds is 6. The first-order chi connectivity index (χ1) is 26.1. The number of fused-ring (bicyclic) bond motifs is 9. The molecule has 0 amide bonds. The molecule has 0 bridgehead atoms. The van der Waals surface area contributed by atoms with Crippen molar-refractivity contribution in [2.45, 2.75) is 19.3 Å². The van der Waals surface area contributed by atoms with Crippen LogP contribution >= 0.6 is 0 Å². The molecule has 0 N–H and O–H groups in total. The lowest BCUT2D eigenvalue weighted by atomic mass is 9.81. The fraction of sp³-hybridized carbons (Fsp3) is 0.0612. The van der Waals surface area contributed by atoms with Gasteiger partial charge in [0.1, 0.15) is 0 Å². The Morgan fingerprint density at radius 3 is 1.43 bits per heavy atom. The van der Waals surface area contributed by atoms with Gasteiger partial charge in [0.05, 0.1) is 11.0 Å². The summed E-state index contributed by atoms with van der Waals surface area (Å²) in [6.07, 6.45) is 3.60. The molecule has 1 aliphatic carbocycles. The molecule has 0 saturated carbocycles. The smallest absolute Gasteiger partial charge is 0.0971 e. The van der Waals surface area contributed by atoms with Gasteiger partial charge in [-0.2, -0.15) is 0 Å². The zero-order valence-corrected chi connectivity index (χ0v) is 29.6. The van der Waals surface area contributed by atoms with E-state index in [0.717, 1.165) is 55.9 Å². The summed E-state index contributed by atoms with van der Waals surface area (Å²) in [7, 11) is 0. The highest BCUT2D eigenvalue weighted by Gasteiger charge is 2.37. The molecule has 1 aromatic heterocycles. The van der Waals surface area contributed by atoms with Gasteiger partial charge in [-0.3, -0.25) is 9.97 Å². The fourth-order valence-electron chi connectivity index (χ4n) is 8.40. The quantitative estimate of drug-likeness (QED) is 0.164. The largest absolute Gasteiger partial charge is 0.310 e. The molecule has 10 rings (SSSR count). The highest BCUT2D eigenvalue weighted by Crippen LogP contribution is 2.53. The molecule has 0 radical (unpaired) electrons. The molecule has 0 spiro atoms. The maximum absolute atomic E-state index is 4.89. The molecule has 252 valence electrons. The van der Waals surface area contributed by atoms with Crippen LogP contribution in [0.5, 0.6) is 0 Å². The second-order valence-corrected chi connectivity index (χ2v) is 14.3. The maximum atomic E-state index is 4.89. The van der Waals surface area contributed by atoms with Crippen molar-refractivity contribution in [3.05, 3.63) is 193 Å². The van der Waals surface area contributed by atoms with E-state index in [9.17, 15) is 0 Å². The minimum atomic E-state index is -0.181. The van der Waals surface area contributed by atoms with Gasteiger partial charge in [-0.1, -0.05) is 105 Å². The summed E-state index contributed by atoms with van der Waals surface area (Å²) in [5.74, 6) is 0. The second-order valence-electron chi connectivity index (χ2n) is 14.3. The van der Waals surface area contributed by atoms with Gasteiger partial charge in [-0.15, -0.1) is 0 Å². The molecule has 9 aromatic rings. The molecule has 1 heterocycles. The molecule has 53 heavy (non-hydrogen) atoms. The maximum Gasteiger partial charge on any atom is 0.0971 e. The number of benzene rings is 8. The van der Waals surface area contributed by atoms with Crippen molar-refractivity contribution in [3.63, 3.8) is 0 Å². The van der Waals surface area contributed by atoms with Crippen LogP contribution in [0.4, 0.5) is 34.1 Å². The Hall–Kier alpha value is -6.78. The third kappa shape index (κ3) is 4.98. The van der Waals surface area contributed by atoms with Gasteiger partial charge < -0.3 is 9.80 Å². The first-order valence-electron chi connectivity index (χ1n) is 18.2. The Morgan fingerprint density at radius 1 is 0.358 bits per heavy atom. The molecule has 0 fully saturated rings. The van der Waals surface area contributed by atoms with Gasteiger partial charge in [0.2, 0.25) is 0 Å². The summed E-state index contributed by atoms with van der Waals surface area (Å²) >= 11 is 0. The standard InChI is InChI=1S/C49H36N4/c1-49(2)45-26-25-38(30-42(45)43-31-44-41(32-46(43)49)39-23-12-13-24-40(39)47-48(44)51-28-27-50-47)53(35-19-10-5-11-20-35)37-22-14-21-36(29-37)52(33-15-6-3-7-16-33)34-17-8-4-9-18-34/h3-32H,1-2H3. The number of hydrogen-bond acceptors (Lipinski definition) is 4. The lowest BCUT2D eigenvalue weighted by Gasteiger charge is -2.30. The van der Waals surface area contributed by atoms with Crippen molar-refractivity contribution >= 4 is 66.7 Å². The molecular weight excluding hydrogens is 645 g/mol. The van der Waals surface area contributed by atoms with Crippen molar-refractivity contribution in [2.24, 2.45) is 0 Å². The molecule has 1 aliphatic rings. The van der Waals surface area contributed by atoms with Crippen molar-refractivity contribution in [1.82, 2.24) is 9.97 Å². The molecular formula is C49H36N4. The van der Waals surface area contributed by atoms with Gasteiger partial charge in [-0.05, 0) is 112 Å². The van der Waals surface area contributed by atoms with Crippen LogP contribution < -0.4 is 9.80 Å². The highest BCUT2D eigenvalue weighted by atomic mass is 15.2. The van der Waals surface area contributed by atoms with Gasteiger partial charge in [0, 0.05) is 62.7 Å². The summed E-state index contributed by atoms with van der Waals surface area (Å²) in [6.45, 7) is 4.71. The molecule has 4 heteroatoms. The molecule has 0 aliphatic heterocycles. The van der Waals surface area contributed by atoms with E-state index >= 15 is 0 Å². The van der Waals surface area contributed by atoms with E-state index in [1.54, 1.807) is 6.20 Å². The Bertz CT molecular complexity index is 2770. The van der Waals surface area contributed by atoms with Crippen LogP contribution in [-0.4, -0.2) is 9.97 Å². The third-order valence-electron chi connectivity index (χ3n) is 10.9. The molecule has 4 nitrogen and oxygen atoms in total. The van der Waals surface area contributed by atoms with Crippen molar-refractivity contribution in [1.29, 1.82) is 0 Å². The first-order valence-corrected chi connectivity index (χ1v) is 18.2. The number of hydrogen-bond donors (Lipinski definition) is 0. The van der Waals surface area contributed by atoms with Crippen molar-refractivity contribution in [2.75, 3.05) is 9.80 Å². The van der Waals surface area contributed by atoms with E-state index in [1.807, 2.05) is 6.20 Å². The summed E-state index contributed by atoms with van der Waals surface area (Å²) < 4.78 is 0. The molecule has 8 aromatic carbocycles. The zero-order valence-electron chi connectivity index (χ0n) is 29.6. The topological polar surface area (TPSA) is 32.3 Å². The van der Waals surface area contributed by atoms with E-state index in [4.69, 9.17) is 9.97 Å². The van der Waals surface area contributed by atoms with Crippen LogP contribution in [0.15, 0.2) is 182 Å². The van der Waals surface area contributed by atoms with Crippen LogP contribution in [0, 0.1) is 0 Å². The van der Waals surface area contributed by atoms with Gasteiger partial charge >= 0.3 is 0 Å². The van der Waals surface area contributed by atoms with Gasteiger partial charge in [-0.25, -0.2) is 0 Å². The summed E-state index contributed by atoms with van der Waals surface area (Å²) in [5, 5.41) is 4.70. The van der Waals surface area contributed by atoms with Crippen LogP contribution in [0.1, 0.15) is 25.0 Å². The summed E-state index contributed by atoms with van der Waals surface area (Å²) in [4.78, 5) is 14.4. The molecule has 0 unspecified atom stereocenters. The van der Waals surface area contributed by atoms with Crippen LogP contribution in [0.2, 0.25) is 0 Å². The normalized spacial score (nSPS) is 12.9. The molecule has 0 atom stereocenters. The Balaban J connectivity index is 1.17. The Morgan fingerprint density at radius 2 is 0.830 bits per heavy atom. The minimum Gasteiger partial charge on any atom is -0.310 e. The van der Waals surface area contributed by atoms with Crippen LogP contribution in [0.25, 0.3) is 43.7 Å². The first kappa shape index (κ1) is 31.0. The number of nitrogens with zero attached hydrogens (tertiary/aromatic N) is 4. The minimum absolute atomic E-state index is 0.181. The monoisotopic (exact) mass is 680 g/mol. The zero-order chi connectivity index (χ0) is 35.5. The van der Waals surface area contributed by atoms with E-state index in [2.05, 4.69) is 194 Å². The van der Waals surface area contributed by atoms with Gasteiger partial charge in [0.15, 0.2) is 0 Å². The Labute approximate surface area is 309 Å². The second kappa shape index (κ2) is 12.2.